The van der Waals surface area contributed by atoms with Crippen LogP contribution in [0.5, 0.6) is 23.0 Å². The lowest BCUT2D eigenvalue weighted by atomic mass is 10.2. The molecule has 0 saturated carbocycles. The number of rotatable bonds is 11. The minimum Gasteiger partial charge on any atom is -0.497 e. The zero-order valence-corrected chi connectivity index (χ0v) is 23.2. The number of amides is 1. The summed E-state index contributed by atoms with van der Waals surface area (Å²) in [6.45, 7) is 0. The van der Waals surface area contributed by atoms with E-state index in [-0.39, 0.29) is 11.7 Å². The van der Waals surface area contributed by atoms with E-state index in [2.05, 4.69) is 20.7 Å². The first kappa shape index (κ1) is 27.8. The second-order valence-corrected chi connectivity index (χ2v) is 9.27. The number of nitrogens with one attached hydrogen (secondary N) is 1. The third-order valence-corrected chi connectivity index (χ3v) is 6.67. The predicted molar refractivity (Wildman–Crippen MR) is 151 cm³/mol. The zero-order valence-electron chi connectivity index (χ0n) is 21.7. The number of methoxy groups -OCH3 is 4. The van der Waals surface area contributed by atoms with Gasteiger partial charge in [0.25, 0.3) is 5.91 Å². The Morgan fingerprint density at radius 2 is 1.62 bits per heavy atom. The third kappa shape index (κ3) is 6.62. The highest BCUT2D eigenvalue weighted by Crippen LogP contribution is 2.37. The van der Waals surface area contributed by atoms with Gasteiger partial charge in [-0.3, -0.25) is 9.36 Å². The molecule has 1 heterocycles. The molecule has 1 N–H and O–H groups in total. The minimum atomic E-state index is -0.319. The van der Waals surface area contributed by atoms with Crippen molar-refractivity contribution in [2.45, 2.75) is 5.16 Å². The van der Waals surface area contributed by atoms with E-state index in [0.717, 1.165) is 17.0 Å². The molecule has 10 nitrogen and oxygen atoms in total. The Labute approximate surface area is 234 Å². The van der Waals surface area contributed by atoms with E-state index in [1.54, 1.807) is 31.4 Å². The topological polar surface area (TPSA) is 109 Å². The molecule has 4 aromatic rings. The lowest BCUT2D eigenvalue weighted by Crippen LogP contribution is -2.20. The summed E-state index contributed by atoms with van der Waals surface area (Å²) < 4.78 is 23.2. The first-order chi connectivity index (χ1) is 19.0. The summed E-state index contributed by atoms with van der Waals surface area (Å²) in [7, 11) is 6.19. The second-order valence-electron chi connectivity index (χ2n) is 7.89. The first-order valence-corrected chi connectivity index (χ1v) is 12.9. The Bertz CT molecular complexity index is 1430. The van der Waals surface area contributed by atoms with Gasteiger partial charge < -0.3 is 18.9 Å². The van der Waals surface area contributed by atoms with Crippen LogP contribution >= 0.6 is 23.4 Å². The van der Waals surface area contributed by atoms with Crippen molar-refractivity contribution < 1.29 is 23.7 Å². The highest BCUT2D eigenvalue weighted by atomic mass is 35.5. The number of carbonyl (C=O) groups excluding carboxylic acids is 1. The maximum absolute atomic E-state index is 12.6. The normalized spacial score (nSPS) is 10.9. The van der Waals surface area contributed by atoms with E-state index in [1.807, 2.05) is 41.0 Å². The van der Waals surface area contributed by atoms with E-state index >= 15 is 0 Å². The van der Waals surface area contributed by atoms with Crippen LogP contribution in [0.15, 0.2) is 70.9 Å². The molecule has 3 aromatic carbocycles. The molecule has 12 heteroatoms. The molecule has 0 bridgehead atoms. The Hall–Kier alpha value is -4.22. The zero-order chi connectivity index (χ0) is 27.8. The molecule has 0 unspecified atom stereocenters. The number of hydrogen-bond acceptors (Lipinski definition) is 9. The molecule has 1 aromatic heterocycles. The quantitative estimate of drug-likeness (QED) is 0.155. The van der Waals surface area contributed by atoms with Gasteiger partial charge in [0.1, 0.15) is 5.75 Å². The van der Waals surface area contributed by atoms with Crippen molar-refractivity contribution in [3.63, 3.8) is 0 Å². The van der Waals surface area contributed by atoms with Crippen LogP contribution in [0.1, 0.15) is 5.56 Å². The number of thioether (sulfide) groups is 1. The van der Waals surface area contributed by atoms with Crippen molar-refractivity contribution >= 4 is 35.5 Å². The van der Waals surface area contributed by atoms with Crippen molar-refractivity contribution in [2.75, 3.05) is 34.2 Å². The van der Waals surface area contributed by atoms with Crippen molar-refractivity contribution in [3.05, 3.63) is 71.2 Å². The third-order valence-electron chi connectivity index (χ3n) is 5.49. The fourth-order valence-electron chi connectivity index (χ4n) is 3.63. The highest BCUT2D eigenvalue weighted by Gasteiger charge is 2.18. The van der Waals surface area contributed by atoms with Gasteiger partial charge in [0.05, 0.1) is 40.4 Å². The Balaban J connectivity index is 1.50. The molecule has 0 atom stereocenters. The molecule has 39 heavy (non-hydrogen) atoms. The summed E-state index contributed by atoms with van der Waals surface area (Å²) in [5.41, 5.74) is 4.83. The Morgan fingerprint density at radius 3 is 2.21 bits per heavy atom. The number of ether oxygens (including phenoxy) is 4. The van der Waals surface area contributed by atoms with Gasteiger partial charge in [-0.05, 0) is 60.7 Å². The van der Waals surface area contributed by atoms with Crippen molar-refractivity contribution in [1.82, 2.24) is 20.2 Å². The number of nitrogens with zero attached hydrogens (tertiary/aromatic N) is 4. The van der Waals surface area contributed by atoms with Crippen LogP contribution < -0.4 is 24.4 Å². The summed E-state index contributed by atoms with van der Waals surface area (Å²) in [6.07, 6.45) is 1.49. The Kier molecular flexibility index (Phi) is 9.29. The summed E-state index contributed by atoms with van der Waals surface area (Å²) in [5, 5.41) is 13.9. The average Bonchev–Trinajstić information content (AvgIpc) is 3.39. The van der Waals surface area contributed by atoms with Crippen LogP contribution in [0, 0.1) is 0 Å². The van der Waals surface area contributed by atoms with Gasteiger partial charge in [0, 0.05) is 21.8 Å². The highest BCUT2D eigenvalue weighted by molar-refractivity contribution is 7.99. The van der Waals surface area contributed by atoms with Gasteiger partial charge in [0.2, 0.25) is 5.75 Å². The predicted octanol–water partition coefficient (Wildman–Crippen LogP) is 4.86. The lowest BCUT2D eigenvalue weighted by molar-refractivity contribution is -0.118. The van der Waals surface area contributed by atoms with Crippen molar-refractivity contribution in [1.29, 1.82) is 0 Å². The van der Waals surface area contributed by atoms with E-state index in [4.69, 9.17) is 30.5 Å². The van der Waals surface area contributed by atoms with E-state index in [1.165, 1.54) is 39.3 Å². The SMILES string of the molecule is COc1ccc(-c2nnc(SCC(=O)N/N=C\c3cc(OC)c(OC)c(OC)c3)n2-c2ccc(Cl)cc2)cc1. The molecule has 1 amide bonds. The summed E-state index contributed by atoms with van der Waals surface area (Å²) in [5.74, 6) is 2.51. The molecule has 0 spiro atoms. The molecular weight excluding hydrogens is 542 g/mol. The van der Waals surface area contributed by atoms with Gasteiger partial charge >= 0.3 is 0 Å². The van der Waals surface area contributed by atoms with Crippen molar-refractivity contribution in [2.24, 2.45) is 5.10 Å². The molecule has 202 valence electrons. The van der Waals surface area contributed by atoms with Crippen LogP contribution in [-0.4, -0.2) is 61.1 Å². The maximum Gasteiger partial charge on any atom is 0.250 e. The standard InChI is InChI=1S/C27H26ClN5O5S/c1-35-21-11-5-18(6-12-21)26-31-32-27(33(26)20-9-7-19(28)8-10-20)39-16-24(34)30-29-15-17-13-22(36-2)25(38-4)23(14-17)37-3/h5-15H,16H2,1-4H3,(H,30,34)/b29-15-. The van der Waals surface area contributed by atoms with Gasteiger partial charge in [-0.15, -0.1) is 10.2 Å². The van der Waals surface area contributed by atoms with Crippen LogP contribution in [0.3, 0.4) is 0 Å². The van der Waals surface area contributed by atoms with Gasteiger partial charge in [-0.2, -0.15) is 5.10 Å². The molecular formula is C27H26ClN5O5S. The average molecular weight is 568 g/mol. The maximum atomic E-state index is 12.6. The summed E-state index contributed by atoms with van der Waals surface area (Å²) in [4.78, 5) is 12.6. The molecule has 4 rings (SSSR count). The number of hydrogen-bond donors (Lipinski definition) is 1. The molecule has 0 aliphatic carbocycles. The lowest BCUT2D eigenvalue weighted by Gasteiger charge is -2.12. The van der Waals surface area contributed by atoms with E-state index in [9.17, 15) is 4.79 Å². The molecule has 0 fully saturated rings. The van der Waals surface area contributed by atoms with Crippen molar-refractivity contribution in [3.8, 4) is 40.1 Å². The van der Waals surface area contributed by atoms with Gasteiger partial charge in [0.15, 0.2) is 22.5 Å². The van der Waals surface area contributed by atoms with Crippen LogP contribution in [-0.2, 0) is 4.79 Å². The summed E-state index contributed by atoms with van der Waals surface area (Å²) in [6, 6.07) is 18.2. The van der Waals surface area contributed by atoms with Gasteiger partial charge in [-0.1, -0.05) is 23.4 Å². The smallest absolute Gasteiger partial charge is 0.250 e. The summed E-state index contributed by atoms with van der Waals surface area (Å²) >= 11 is 7.33. The molecule has 0 aliphatic heterocycles. The van der Waals surface area contributed by atoms with Crippen LogP contribution in [0.25, 0.3) is 17.1 Å². The molecule has 0 aliphatic rings. The number of aromatic nitrogens is 3. The number of carbonyl (C=O) groups is 1. The van der Waals surface area contributed by atoms with Crippen LogP contribution in [0.2, 0.25) is 5.02 Å². The minimum absolute atomic E-state index is 0.0565. The molecule has 0 radical (unpaired) electrons. The van der Waals surface area contributed by atoms with Crippen LogP contribution in [0.4, 0.5) is 0 Å². The van der Waals surface area contributed by atoms with E-state index < -0.39 is 0 Å². The fourth-order valence-corrected chi connectivity index (χ4v) is 4.50. The van der Waals surface area contributed by atoms with Gasteiger partial charge in [-0.25, -0.2) is 5.43 Å². The Morgan fingerprint density at radius 1 is 0.949 bits per heavy atom. The monoisotopic (exact) mass is 567 g/mol. The molecule has 0 saturated heterocycles. The number of benzene rings is 3. The second kappa shape index (κ2) is 13.0. The number of hydrazone groups is 1. The first-order valence-electron chi connectivity index (χ1n) is 11.6. The fraction of sp³-hybridized carbons (Fsp3) is 0.185. The largest absolute Gasteiger partial charge is 0.497 e. The van der Waals surface area contributed by atoms with E-state index in [0.29, 0.717) is 38.8 Å². The number of halogens is 1.